The van der Waals surface area contributed by atoms with Crippen LogP contribution >= 0.6 is 0 Å². The van der Waals surface area contributed by atoms with Crippen molar-refractivity contribution < 1.29 is 17.6 Å². The third kappa shape index (κ3) is 4.87. The van der Waals surface area contributed by atoms with Crippen molar-refractivity contribution >= 4 is 16.9 Å². The summed E-state index contributed by atoms with van der Waals surface area (Å²) < 4.78 is 55.7. The molecule has 0 saturated carbocycles. The van der Waals surface area contributed by atoms with E-state index in [-0.39, 0.29) is 17.3 Å². The lowest BCUT2D eigenvalue weighted by Crippen LogP contribution is -2.36. The van der Waals surface area contributed by atoms with Gasteiger partial charge < -0.3 is 4.90 Å². The van der Waals surface area contributed by atoms with Crippen molar-refractivity contribution in [2.75, 3.05) is 18.0 Å². The number of anilines is 1. The Hall–Kier alpha value is -3.96. The maximum absolute atomic E-state index is 13.8. The van der Waals surface area contributed by atoms with Crippen LogP contribution in [0.3, 0.4) is 0 Å². The minimum absolute atomic E-state index is 0.159. The number of hydrogen-bond acceptors (Lipinski definition) is 7. The van der Waals surface area contributed by atoms with Crippen LogP contribution in [0.15, 0.2) is 41.7 Å². The van der Waals surface area contributed by atoms with Gasteiger partial charge in [0.15, 0.2) is 11.3 Å². The maximum atomic E-state index is 13.8. The van der Waals surface area contributed by atoms with Crippen LogP contribution in [0.25, 0.3) is 11.2 Å². The highest BCUT2D eigenvalue weighted by Gasteiger charge is 2.36. The molecule has 5 heterocycles. The SMILES string of the molecule is Cc1cnc2cc(C3CCN(c4cc(F)cnc4C)CC3)c(=O)n(Cc3nccnc3C(F)(F)F)c2n1. The summed E-state index contributed by atoms with van der Waals surface area (Å²) in [7, 11) is 0. The van der Waals surface area contributed by atoms with Gasteiger partial charge in [-0.05, 0) is 38.7 Å². The molecular formula is C25H23F4N7O. The Labute approximate surface area is 209 Å². The lowest BCUT2D eigenvalue weighted by molar-refractivity contribution is -0.142. The molecule has 0 N–H and O–H groups in total. The van der Waals surface area contributed by atoms with Crippen LogP contribution in [0.5, 0.6) is 0 Å². The van der Waals surface area contributed by atoms with E-state index in [4.69, 9.17) is 0 Å². The zero-order valence-electron chi connectivity index (χ0n) is 20.1. The van der Waals surface area contributed by atoms with Crippen molar-refractivity contribution in [3.8, 4) is 0 Å². The second-order valence-electron chi connectivity index (χ2n) is 9.08. The van der Waals surface area contributed by atoms with Gasteiger partial charge in [0, 0.05) is 43.3 Å². The predicted molar refractivity (Wildman–Crippen MR) is 128 cm³/mol. The number of aromatic nitrogens is 6. The second kappa shape index (κ2) is 9.49. The maximum Gasteiger partial charge on any atom is 0.435 e. The molecule has 1 saturated heterocycles. The molecule has 0 radical (unpaired) electrons. The number of pyridine rings is 2. The van der Waals surface area contributed by atoms with Crippen molar-refractivity contribution in [1.82, 2.24) is 29.5 Å². The van der Waals surface area contributed by atoms with E-state index in [1.54, 1.807) is 19.2 Å². The number of fused-ring (bicyclic) bond motifs is 1. The summed E-state index contributed by atoms with van der Waals surface area (Å²) in [5.41, 5.74) is 1.04. The van der Waals surface area contributed by atoms with Gasteiger partial charge in [-0.15, -0.1) is 0 Å². The van der Waals surface area contributed by atoms with E-state index in [2.05, 4.69) is 24.9 Å². The van der Waals surface area contributed by atoms with Gasteiger partial charge in [-0.25, -0.2) is 14.4 Å². The standard InChI is InChI=1S/C25H23F4N7O/c1-14-11-33-19-10-18(16-3-7-35(8-4-16)21-9-17(26)12-32-15(21)2)24(37)36(23(19)34-14)13-20-22(25(27,28)29)31-6-5-30-20/h5-6,9-12,16H,3-4,7-8,13H2,1-2H3. The largest absolute Gasteiger partial charge is 0.435 e. The summed E-state index contributed by atoms with van der Waals surface area (Å²) in [5, 5.41) is 0. The molecule has 12 heteroatoms. The molecule has 0 aliphatic carbocycles. The molecule has 1 aliphatic rings. The van der Waals surface area contributed by atoms with Crippen LogP contribution in [0.4, 0.5) is 23.2 Å². The molecule has 37 heavy (non-hydrogen) atoms. The van der Waals surface area contributed by atoms with E-state index in [1.807, 2.05) is 11.8 Å². The van der Waals surface area contributed by atoms with E-state index < -0.39 is 29.8 Å². The van der Waals surface area contributed by atoms with Gasteiger partial charge in [0.05, 0.1) is 35.5 Å². The van der Waals surface area contributed by atoms with Gasteiger partial charge in [0.1, 0.15) is 11.3 Å². The average Bonchev–Trinajstić information content (AvgIpc) is 2.87. The first-order valence-corrected chi connectivity index (χ1v) is 11.7. The molecule has 192 valence electrons. The summed E-state index contributed by atoms with van der Waals surface area (Å²) >= 11 is 0. The molecule has 0 atom stereocenters. The van der Waals surface area contributed by atoms with E-state index in [1.165, 1.54) is 16.8 Å². The van der Waals surface area contributed by atoms with Crippen LogP contribution in [0.1, 0.15) is 47.1 Å². The molecule has 0 spiro atoms. The molecule has 1 aliphatic heterocycles. The molecule has 5 rings (SSSR count). The Bertz CT molecular complexity index is 1530. The highest BCUT2D eigenvalue weighted by molar-refractivity contribution is 5.71. The Balaban J connectivity index is 1.52. The number of nitrogens with zero attached hydrogens (tertiary/aromatic N) is 7. The van der Waals surface area contributed by atoms with Crippen molar-refractivity contribution in [3.05, 3.63) is 81.4 Å². The molecule has 8 nitrogen and oxygen atoms in total. The van der Waals surface area contributed by atoms with Crippen molar-refractivity contribution in [2.45, 2.75) is 45.3 Å². The number of halogens is 4. The van der Waals surface area contributed by atoms with Crippen molar-refractivity contribution in [1.29, 1.82) is 0 Å². The number of piperidine rings is 1. The fourth-order valence-electron chi connectivity index (χ4n) is 4.79. The highest BCUT2D eigenvalue weighted by Crippen LogP contribution is 2.32. The number of aryl methyl sites for hydroxylation is 2. The zero-order valence-corrected chi connectivity index (χ0v) is 20.1. The summed E-state index contributed by atoms with van der Waals surface area (Å²) in [6.45, 7) is 4.19. The third-order valence-corrected chi connectivity index (χ3v) is 6.59. The number of hydrogen-bond donors (Lipinski definition) is 0. The Morgan fingerprint density at radius 2 is 1.73 bits per heavy atom. The monoisotopic (exact) mass is 513 g/mol. The lowest BCUT2D eigenvalue weighted by Gasteiger charge is -2.34. The van der Waals surface area contributed by atoms with Gasteiger partial charge in [-0.3, -0.25) is 24.3 Å². The Kier molecular flexibility index (Phi) is 6.34. The molecule has 1 fully saturated rings. The average molecular weight is 513 g/mol. The van der Waals surface area contributed by atoms with Crippen molar-refractivity contribution in [3.63, 3.8) is 0 Å². The predicted octanol–water partition coefficient (Wildman–Crippen LogP) is 4.18. The van der Waals surface area contributed by atoms with Gasteiger partial charge >= 0.3 is 6.18 Å². The molecule has 4 aromatic rings. The van der Waals surface area contributed by atoms with Crippen LogP contribution in [-0.4, -0.2) is 42.6 Å². The number of alkyl halides is 3. The third-order valence-electron chi connectivity index (χ3n) is 6.59. The minimum Gasteiger partial charge on any atom is -0.370 e. The smallest absolute Gasteiger partial charge is 0.370 e. The van der Waals surface area contributed by atoms with Crippen LogP contribution in [0, 0.1) is 19.7 Å². The number of rotatable bonds is 4. The topological polar surface area (TPSA) is 89.7 Å². The van der Waals surface area contributed by atoms with E-state index in [0.717, 1.165) is 12.4 Å². The van der Waals surface area contributed by atoms with Gasteiger partial charge in [-0.1, -0.05) is 0 Å². The first-order chi connectivity index (χ1) is 17.6. The van der Waals surface area contributed by atoms with Crippen LogP contribution in [0.2, 0.25) is 0 Å². The first kappa shape index (κ1) is 24.7. The highest BCUT2D eigenvalue weighted by atomic mass is 19.4. The molecule has 0 aromatic carbocycles. The Morgan fingerprint density at radius 1 is 1.00 bits per heavy atom. The first-order valence-electron chi connectivity index (χ1n) is 11.7. The summed E-state index contributed by atoms with van der Waals surface area (Å²) in [6.07, 6.45) is 1.32. The van der Waals surface area contributed by atoms with Crippen LogP contribution < -0.4 is 10.5 Å². The van der Waals surface area contributed by atoms with E-state index in [9.17, 15) is 22.4 Å². The lowest BCUT2D eigenvalue weighted by atomic mass is 9.89. The zero-order chi connectivity index (χ0) is 26.3. The Morgan fingerprint density at radius 3 is 2.46 bits per heavy atom. The summed E-state index contributed by atoms with van der Waals surface area (Å²) in [4.78, 5) is 35.9. The molecule has 0 unspecified atom stereocenters. The summed E-state index contributed by atoms with van der Waals surface area (Å²) in [5.74, 6) is -0.579. The van der Waals surface area contributed by atoms with E-state index >= 15 is 0 Å². The minimum atomic E-state index is -4.72. The normalized spacial score (nSPS) is 14.9. The van der Waals surface area contributed by atoms with Crippen molar-refractivity contribution in [2.24, 2.45) is 0 Å². The molecular weight excluding hydrogens is 490 g/mol. The quantitative estimate of drug-likeness (QED) is 0.378. The molecule has 0 amide bonds. The van der Waals surface area contributed by atoms with Gasteiger partial charge in [-0.2, -0.15) is 13.2 Å². The van der Waals surface area contributed by atoms with Crippen LogP contribution in [-0.2, 0) is 12.7 Å². The van der Waals surface area contributed by atoms with Gasteiger partial charge in [0.2, 0.25) is 0 Å². The second-order valence-corrected chi connectivity index (χ2v) is 9.08. The molecule has 4 aromatic heterocycles. The summed E-state index contributed by atoms with van der Waals surface area (Å²) in [6, 6.07) is 3.12. The van der Waals surface area contributed by atoms with Gasteiger partial charge in [0.25, 0.3) is 5.56 Å². The fourth-order valence-corrected chi connectivity index (χ4v) is 4.79. The molecule has 0 bridgehead atoms. The fraction of sp³-hybridized carbons (Fsp3) is 0.360. The van der Waals surface area contributed by atoms with E-state index in [0.29, 0.717) is 54.1 Å².